The molecule has 2 atom stereocenters. The van der Waals surface area contributed by atoms with E-state index in [1.807, 2.05) is 0 Å². The third-order valence-electron chi connectivity index (χ3n) is 1.84. The third-order valence-corrected chi connectivity index (χ3v) is 2.32. The second-order valence-electron chi connectivity index (χ2n) is 3.06. The Morgan fingerprint density at radius 1 is 1.64 bits per heavy atom. The van der Waals surface area contributed by atoms with Crippen LogP contribution in [0, 0.1) is 5.92 Å². The lowest BCUT2D eigenvalue weighted by molar-refractivity contribution is -0.123. The topological polar surface area (TPSA) is 110 Å². The van der Waals surface area contributed by atoms with Crippen LogP contribution in [-0.4, -0.2) is 23.9 Å². The van der Waals surface area contributed by atoms with Gasteiger partial charge in [-0.3, -0.25) is 4.55 Å². The van der Waals surface area contributed by atoms with Gasteiger partial charge in [0.15, 0.2) is 0 Å². The smallest absolute Gasteiger partial charge is 0.399 e. The molecule has 0 saturated heterocycles. The Balaban J connectivity index is 2.99. The average molecular weight is 221 g/mol. The van der Waals surface area contributed by atoms with Crippen LogP contribution in [0.25, 0.3) is 0 Å². The normalized spacial score (nSPS) is 32.8. The third kappa shape index (κ3) is 2.55. The molecule has 6 nitrogen and oxygen atoms in total. The standard InChI is InChI=1S/C7H11NO5S/c1-5-2-3-6(8)4-7(5,9)13-14(10,11)12/h2-5,9H,8H2,1H3,(H,10,11,12)/t5-,7+/m0/s1. The van der Waals surface area contributed by atoms with Crippen molar-refractivity contribution in [2.45, 2.75) is 12.7 Å². The molecule has 0 aromatic heterocycles. The molecule has 0 aliphatic heterocycles. The monoisotopic (exact) mass is 221 g/mol. The van der Waals surface area contributed by atoms with E-state index < -0.39 is 22.1 Å². The zero-order valence-corrected chi connectivity index (χ0v) is 8.23. The van der Waals surface area contributed by atoms with Gasteiger partial charge in [0.2, 0.25) is 5.79 Å². The molecule has 14 heavy (non-hydrogen) atoms. The van der Waals surface area contributed by atoms with Gasteiger partial charge >= 0.3 is 10.4 Å². The molecule has 80 valence electrons. The molecular formula is C7H11NO5S. The van der Waals surface area contributed by atoms with E-state index in [1.54, 1.807) is 0 Å². The van der Waals surface area contributed by atoms with Crippen LogP contribution < -0.4 is 5.73 Å². The van der Waals surface area contributed by atoms with Gasteiger partial charge in [-0.2, -0.15) is 8.42 Å². The van der Waals surface area contributed by atoms with Gasteiger partial charge < -0.3 is 10.8 Å². The van der Waals surface area contributed by atoms with E-state index in [9.17, 15) is 13.5 Å². The van der Waals surface area contributed by atoms with Crippen LogP contribution in [0.5, 0.6) is 0 Å². The SMILES string of the molecule is C[C@H]1C=CC(N)=C[C@@]1(O)OS(=O)(=O)O. The largest absolute Gasteiger partial charge is 0.400 e. The molecule has 1 aliphatic rings. The van der Waals surface area contributed by atoms with Crippen molar-refractivity contribution < 1.29 is 22.3 Å². The van der Waals surface area contributed by atoms with Crippen molar-refractivity contribution in [2.24, 2.45) is 11.7 Å². The summed E-state index contributed by atoms with van der Waals surface area (Å²) < 4.78 is 33.4. The summed E-state index contributed by atoms with van der Waals surface area (Å²) >= 11 is 0. The summed E-state index contributed by atoms with van der Waals surface area (Å²) in [6.45, 7) is 1.52. The average Bonchev–Trinajstić information content (AvgIpc) is 1.93. The molecular weight excluding hydrogens is 210 g/mol. The molecule has 4 N–H and O–H groups in total. The number of rotatable bonds is 2. The van der Waals surface area contributed by atoms with Crippen molar-refractivity contribution in [3.05, 3.63) is 23.9 Å². The highest BCUT2D eigenvalue weighted by Crippen LogP contribution is 2.28. The Hall–Kier alpha value is -0.890. The molecule has 0 bridgehead atoms. The van der Waals surface area contributed by atoms with Gasteiger partial charge in [-0.05, 0) is 12.2 Å². The van der Waals surface area contributed by atoms with Crippen molar-refractivity contribution >= 4 is 10.4 Å². The molecule has 1 aliphatic carbocycles. The molecule has 0 fully saturated rings. The first-order valence-electron chi connectivity index (χ1n) is 3.80. The maximum absolute atomic E-state index is 10.4. The summed E-state index contributed by atoms with van der Waals surface area (Å²) in [5.74, 6) is -2.75. The van der Waals surface area contributed by atoms with Gasteiger partial charge in [0, 0.05) is 11.6 Å². The fourth-order valence-electron chi connectivity index (χ4n) is 1.08. The maximum Gasteiger partial charge on any atom is 0.400 e. The molecule has 0 aromatic rings. The lowest BCUT2D eigenvalue weighted by Crippen LogP contribution is -2.40. The second-order valence-corrected chi connectivity index (χ2v) is 4.08. The Morgan fingerprint density at radius 3 is 2.71 bits per heavy atom. The van der Waals surface area contributed by atoms with Crippen LogP contribution >= 0.6 is 0 Å². The van der Waals surface area contributed by atoms with Crippen LogP contribution in [0.3, 0.4) is 0 Å². The van der Waals surface area contributed by atoms with Gasteiger partial charge in [0.05, 0.1) is 0 Å². The molecule has 0 radical (unpaired) electrons. The van der Waals surface area contributed by atoms with E-state index in [1.165, 1.54) is 19.1 Å². The minimum atomic E-state index is -4.72. The Kier molecular flexibility index (Phi) is 2.68. The van der Waals surface area contributed by atoms with Crippen LogP contribution in [0.1, 0.15) is 6.92 Å². The van der Waals surface area contributed by atoms with E-state index in [2.05, 4.69) is 4.18 Å². The second kappa shape index (κ2) is 3.35. The van der Waals surface area contributed by atoms with Gasteiger partial charge in [0.1, 0.15) is 0 Å². The highest BCUT2D eigenvalue weighted by atomic mass is 32.3. The molecule has 7 heteroatoms. The van der Waals surface area contributed by atoms with E-state index in [4.69, 9.17) is 10.3 Å². The molecule has 0 unspecified atom stereocenters. The van der Waals surface area contributed by atoms with E-state index >= 15 is 0 Å². The van der Waals surface area contributed by atoms with Gasteiger partial charge in [-0.1, -0.05) is 13.0 Å². The van der Waals surface area contributed by atoms with Gasteiger partial charge in [0.25, 0.3) is 0 Å². The predicted molar refractivity (Wildman–Crippen MR) is 48.2 cm³/mol. The van der Waals surface area contributed by atoms with Crippen LogP contribution in [0.2, 0.25) is 0 Å². The first kappa shape index (κ1) is 11.2. The number of hydrogen-bond acceptors (Lipinski definition) is 5. The summed E-state index contributed by atoms with van der Waals surface area (Å²) in [6.07, 6.45) is 4.00. The van der Waals surface area contributed by atoms with Crippen molar-refractivity contribution in [3.8, 4) is 0 Å². The van der Waals surface area contributed by atoms with Crippen molar-refractivity contribution in [2.75, 3.05) is 0 Å². The lowest BCUT2D eigenvalue weighted by Gasteiger charge is -2.29. The highest BCUT2D eigenvalue weighted by Gasteiger charge is 2.38. The van der Waals surface area contributed by atoms with Gasteiger partial charge in [-0.25, -0.2) is 4.18 Å². The minimum Gasteiger partial charge on any atom is -0.399 e. The van der Waals surface area contributed by atoms with Crippen molar-refractivity contribution in [1.29, 1.82) is 0 Å². The van der Waals surface area contributed by atoms with E-state index in [0.717, 1.165) is 6.08 Å². The Bertz CT molecular complexity index is 385. The number of aliphatic hydroxyl groups is 1. The molecule has 0 spiro atoms. The summed E-state index contributed by atoms with van der Waals surface area (Å²) in [5, 5.41) is 9.68. The fraction of sp³-hybridized carbons (Fsp3) is 0.429. The quantitative estimate of drug-likeness (QED) is 0.430. The maximum atomic E-state index is 10.4. The summed E-state index contributed by atoms with van der Waals surface area (Å²) in [7, 11) is -4.72. The summed E-state index contributed by atoms with van der Waals surface area (Å²) in [4.78, 5) is 0. The molecule has 0 aromatic carbocycles. The lowest BCUT2D eigenvalue weighted by atomic mass is 9.95. The zero-order valence-electron chi connectivity index (χ0n) is 7.41. The van der Waals surface area contributed by atoms with Gasteiger partial charge in [-0.15, -0.1) is 0 Å². The molecule has 0 saturated carbocycles. The first-order chi connectivity index (χ1) is 6.23. The Labute approximate surface area is 81.6 Å². The predicted octanol–water partition coefficient (Wildman–Crippen LogP) is -0.457. The minimum absolute atomic E-state index is 0.161. The van der Waals surface area contributed by atoms with Crippen molar-refractivity contribution in [3.63, 3.8) is 0 Å². The van der Waals surface area contributed by atoms with Crippen LogP contribution in [0.4, 0.5) is 0 Å². The van der Waals surface area contributed by atoms with Crippen LogP contribution in [0.15, 0.2) is 23.9 Å². The fourth-order valence-corrected chi connectivity index (χ4v) is 1.62. The number of nitrogens with two attached hydrogens (primary N) is 1. The molecule has 0 amide bonds. The summed E-state index contributed by atoms with van der Waals surface area (Å²) in [5.41, 5.74) is 5.51. The van der Waals surface area contributed by atoms with Crippen LogP contribution in [-0.2, 0) is 14.6 Å². The molecule has 0 heterocycles. The number of hydrogen-bond donors (Lipinski definition) is 3. The highest BCUT2D eigenvalue weighted by molar-refractivity contribution is 7.80. The van der Waals surface area contributed by atoms with E-state index in [0.29, 0.717) is 0 Å². The molecule has 1 rings (SSSR count). The number of allylic oxidation sites excluding steroid dienone is 1. The van der Waals surface area contributed by atoms with E-state index in [-0.39, 0.29) is 5.70 Å². The Morgan fingerprint density at radius 2 is 2.21 bits per heavy atom. The zero-order chi connectivity index (χ0) is 11.0. The first-order valence-corrected chi connectivity index (χ1v) is 5.16. The summed E-state index contributed by atoms with van der Waals surface area (Å²) in [6, 6.07) is 0. The van der Waals surface area contributed by atoms with Crippen molar-refractivity contribution in [1.82, 2.24) is 0 Å².